The van der Waals surface area contributed by atoms with Gasteiger partial charge in [0.1, 0.15) is 5.75 Å². The van der Waals surface area contributed by atoms with Crippen molar-refractivity contribution in [2.24, 2.45) is 5.92 Å². The molecular weight excluding hydrogens is 402 g/mol. The molecule has 2 aromatic rings. The van der Waals surface area contributed by atoms with E-state index in [1.165, 1.54) is 0 Å². The molecule has 2 fully saturated rings. The van der Waals surface area contributed by atoms with Crippen molar-refractivity contribution in [2.75, 3.05) is 49.6 Å². The van der Waals surface area contributed by atoms with E-state index < -0.39 is 0 Å². The van der Waals surface area contributed by atoms with Crippen LogP contribution in [0.5, 0.6) is 5.75 Å². The number of piperazine rings is 1. The molecule has 0 bridgehead atoms. The van der Waals surface area contributed by atoms with Gasteiger partial charge in [-0.15, -0.1) is 0 Å². The first kappa shape index (κ1) is 20.5. The SMILES string of the molecule is COc1ccccc1N1CCN(C(=O)C2CC(=O)N(c3ccc(C)c(Cl)c3)C2)CC1. The van der Waals surface area contributed by atoms with Gasteiger partial charge in [0, 0.05) is 49.9 Å². The van der Waals surface area contributed by atoms with Crippen LogP contribution in [0.3, 0.4) is 0 Å². The van der Waals surface area contributed by atoms with Crippen LogP contribution in [0.2, 0.25) is 5.02 Å². The number of methoxy groups -OCH3 is 1. The number of anilines is 2. The number of amides is 2. The van der Waals surface area contributed by atoms with E-state index in [4.69, 9.17) is 16.3 Å². The summed E-state index contributed by atoms with van der Waals surface area (Å²) >= 11 is 6.22. The lowest BCUT2D eigenvalue weighted by Crippen LogP contribution is -2.50. The zero-order valence-corrected chi connectivity index (χ0v) is 18.1. The molecule has 2 aliphatic rings. The van der Waals surface area contributed by atoms with Crippen LogP contribution in [0.4, 0.5) is 11.4 Å². The van der Waals surface area contributed by atoms with Gasteiger partial charge in [-0.1, -0.05) is 29.8 Å². The average Bonchev–Trinajstić information content (AvgIpc) is 3.17. The van der Waals surface area contributed by atoms with Gasteiger partial charge in [0.15, 0.2) is 0 Å². The summed E-state index contributed by atoms with van der Waals surface area (Å²) in [5.74, 6) is 0.561. The van der Waals surface area contributed by atoms with E-state index in [0.717, 1.165) is 35.8 Å². The first-order valence-corrected chi connectivity index (χ1v) is 10.6. The minimum Gasteiger partial charge on any atom is -0.495 e. The third kappa shape index (κ3) is 3.97. The van der Waals surface area contributed by atoms with Gasteiger partial charge in [-0.25, -0.2) is 0 Å². The lowest BCUT2D eigenvalue weighted by atomic mass is 10.1. The fourth-order valence-electron chi connectivity index (χ4n) is 4.19. The Labute approximate surface area is 182 Å². The summed E-state index contributed by atoms with van der Waals surface area (Å²) in [5, 5.41) is 0.627. The number of nitrogens with zero attached hydrogens (tertiary/aromatic N) is 3. The summed E-state index contributed by atoms with van der Waals surface area (Å²) in [6.07, 6.45) is 0.247. The second-order valence-electron chi connectivity index (χ2n) is 7.82. The third-order valence-electron chi connectivity index (χ3n) is 5.96. The molecule has 6 nitrogen and oxygen atoms in total. The van der Waals surface area contributed by atoms with E-state index in [9.17, 15) is 9.59 Å². The second-order valence-corrected chi connectivity index (χ2v) is 8.23. The second kappa shape index (κ2) is 8.56. The molecular formula is C23H26ClN3O3. The highest BCUT2D eigenvalue weighted by molar-refractivity contribution is 6.31. The van der Waals surface area contributed by atoms with Crippen molar-refractivity contribution in [3.63, 3.8) is 0 Å². The molecule has 30 heavy (non-hydrogen) atoms. The Bertz CT molecular complexity index is 956. The van der Waals surface area contributed by atoms with Crippen molar-refractivity contribution in [1.82, 2.24) is 4.90 Å². The van der Waals surface area contributed by atoms with E-state index in [1.54, 1.807) is 18.1 Å². The van der Waals surface area contributed by atoms with Gasteiger partial charge < -0.3 is 19.4 Å². The van der Waals surface area contributed by atoms with Crippen molar-refractivity contribution in [2.45, 2.75) is 13.3 Å². The number of para-hydroxylation sites is 2. The predicted octanol–water partition coefficient (Wildman–Crippen LogP) is 3.36. The summed E-state index contributed by atoms with van der Waals surface area (Å²) < 4.78 is 5.46. The maximum absolute atomic E-state index is 13.1. The zero-order chi connectivity index (χ0) is 21.3. The van der Waals surface area contributed by atoms with Gasteiger partial charge in [-0.3, -0.25) is 9.59 Å². The van der Waals surface area contributed by atoms with Gasteiger partial charge in [-0.2, -0.15) is 0 Å². The molecule has 0 spiro atoms. The van der Waals surface area contributed by atoms with Crippen LogP contribution in [0.15, 0.2) is 42.5 Å². The van der Waals surface area contributed by atoms with Crippen LogP contribution in [0.25, 0.3) is 0 Å². The number of carbonyl (C=O) groups excluding carboxylic acids is 2. The monoisotopic (exact) mass is 427 g/mol. The first-order valence-electron chi connectivity index (χ1n) is 10.2. The van der Waals surface area contributed by atoms with E-state index in [-0.39, 0.29) is 24.2 Å². The third-order valence-corrected chi connectivity index (χ3v) is 6.37. The molecule has 2 amide bonds. The number of ether oxygens (including phenoxy) is 1. The molecule has 4 rings (SSSR count). The molecule has 2 aromatic carbocycles. The molecule has 2 aliphatic heterocycles. The van der Waals surface area contributed by atoms with E-state index in [1.807, 2.05) is 48.2 Å². The van der Waals surface area contributed by atoms with Crippen LogP contribution >= 0.6 is 11.6 Å². The molecule has 1 unspecified atom stereocenters. The molecule has 0 saturated carbocycles. The molecule has 0 aromatic heterocycles. The standard InChI is InChI=1S/C23H26ClN3O3/c1-16-7-8-18(14-19(16)24)27-15-17(13-22(27)28)23(29)26-11-9-25(10-12-26)20-5-3-4-6-21(20)30-2/h3-8,14,17H,9-13,15H2,1-2H3. The summed E-state index contributed by atoms with van der Waals surface area (Å²) in [4.78, 5) is 31.5. The Balaban J connectivity index is 1.39. The van der Waals surface area contributed by atoms with Crippen molar-refractivity contribution < 1.29 is 14.3 Å². The van der Waals surface area contributed by atoms with Crippen LogP contribution in [-0.4, -0.2) is 56.5 Å². The van der Waals surface area contributed by atoms with E-state index >= 15 is 0 Å². The van der Waals surface area contributed by atoms with Crippen molar-refractivity contribution >= 4 is 34.8 Å². The maximum Gasteiger partial charge on any atom is 0.228 e. The van der Waals surface area contributed by atoms with Crippen LogP contribution in [0.1, 0.15) is 12.0 Å². The van der Waals surface area contributed by atoms with Crippen LogP contribution < -0.4 is 14.5 Å². The predicted molar refractivity (Wildman–Crippen MR) is 118 cm³/mol. The smallest absolute Gasteiger partial charge is 0.228 e. The molecule has 0 N–H and O–H groups in total. The lowest BCUT2D eigenvalue weighted by Gasteiger charge is -2.37. The number of aryl methyl sites for hydroxylation is 1. The number of carbonyl (C=O) groups is 2. The fourth-order valence-corrected chi connectivity index (χ4v) is 4.36. The highest BCUT2D eigenvalue weighted by Crippen LogP contribution is 2.31. The summed E-state index contributed by atoms with van der Waals surface area (Å²) in [6.45, 7) is 5.09. The van der Waals surface area contributed by atoms with Crippen LogP contribution in [-0.2, 0) is 9.59 Å². The van der Waals surface area contributed by atoms with Gasteiger partial charge in [-0.05, 0) is 36.8 Å². The molecule has 2 heterocycles. The number of halogens is 1. The number of hydrogen-bond donors (Lipinski definition) is 0. The van der Waals surface area contributed by atoms with E-state index in [0.29, 0.717) is 24.7 Å². The fraction of sp³-hybridized carbons (Fsp3) is 0.391. The Hall–Kier alpha value is -2.73. The first-order chi connectivity index (χ1) is 14.5. The van der Waals surface area contributed by atoms with Crippen molar-refractivity contribution in [3.05, 3.63) is 53.1 Å². The molecule has 0 radical (unpaired) electrons. The van der Waals surface area contributed by atoms with E-state index in [2.05, 4.69) is 4.90 Å². The summed E-state index contributed by atoms with van der Waals surface area (Å²) in [5.41, 5.74) is 2.77. The number of benzene rings is 2. The number of rotatable bonds is 4. The average molecular weight is 428 g/mol. The molecule has 2 saturated heterocycles. The molecule has 7 heteroatoms. The lowest BCUT2D eigenvalue weighted by molar-refractivity contribution is -0.136. The molecule has 158 valence electrons. The largest absolute Gasteiger partial charge is 0.495 e. The Kier molecular flexibility index (Phi) is 5.86. The molecule has 0 aliphatic carbocycles. The van der Waals surface area contributed by atoms with Crippen molar-refractivity contribution in [3.8, 4) is 5.75 Å². The van der Waals surface area contributed by atoms with Gasteiger partial charge in [0.25, 0.3) is 0 Å². The molecule has 1 atom stereocenters. The summed E-state index contributed by atoms with van der Waals surface area (Å²) in [7, 11) is 1.67. The zero-order valence-electron chi connectivity index (χ0n) is 17.3. The number of hydrogen-bond acceptors (Lipinski definition) is 4. The Morgan fingerprint density at radius 3 is 2.53 bits per heavy atom. The van der Waals surface area contributed by atoms with Gasteiger partial charge >= 0.3 is 0 Å². The minimum atomic E-state index is -0.310. The van der Waals surface area contributed by atoms with Crippen LogP contribution in [0, 0.1) is 12.8 Å². The topological polar surface area (TPSA) is 53.1 Å². The normalized spacial score (nSPS) is 19.4. The Morgan fingerprint density at radius 1 is 1.10 bits per heavy atom. The summed E-state index contributed by atoms with van der Waals surface area (Å²) in [6, 6.07) is 13.5. The van der Waals surface area contributed by atoms with Gasteiger partial charge in [0.05, 0.1) is 18.7 Å². The minimum absolute atomic E-state index is 0.0269. The highest BCUT2D eigenvalue weighted by Gasteiger charge is 2.38. The van der Waals surface area contributed by atoms with Gasteiger partial charge in [0.2, 0.25) is 11.8 Å². The highest BCUT2D eigenvalue weighted by atomic mass is 35.5. The quantitative estimate of drug-likeness (QED) is 0.750. The maximum atomic E-state index is 13.1. The van der Waals surface area contributed by atoms with Crippen molar-refractivity contribution in [1.29, 1.82) is 0 Å². The Morgan fingerprint density at radius 2 is 1.83 bits per heavy atom.